The molecule has 0 aliphatic carbocycles. The van der Waals surface area contributed by atoms with Crippen LogP contribution in [0.1, 0.15) is 17.3 Å². The Kier molecular flexibility index (Phi) is 5.24. The van der Waals surface area contributed by atoms with Gasteiger partial charge in [-0.05, 0) is 13.0 Å². The van der Waals surface area contributed by atoms with Gasteiger partial charge in [0.1, 0.15) is 0 Å². The molecule has 1 unspecified atom stereocenters. The van der Waals surface area contributed by atoms with Crippen LogP contribution in [0.2, 0.25) is 0 Å². The van der Waals surface area contributed by atoms with E-state index in [0.29, 0.717) is 48.0 Å². The predicted molar refractivity (Wildman–Crippen MR) is 118 cm³/mol. The summed E-state index contributed by atoms with van der Waals surface area (Å²) in [5.74, 6) is -0.984. The fourth-order valence-electron chi connectivity index (χ4n) is 3.83. The smallest absolute Gasteiger partial charge is 0.259 e. The number of rotatable bonds is 4. The van der Waals surface area contributed by atoms with Gasteiger partial charge >= 0.3 is 0 Å². The van der Waals surface area contributed by atoms with Crippen molar-refractivity contribution in [3.05, 3.63) is 72.6 Å². The molecule has 1 saturated heterocycles. The van der Waals surface area contributed by atoms with Gasteiger partial charge in [0.15, 0.2) is 5.65 Å². The van der Waals surface area contributed by atoms with Crippen LogP contribution < -0.4 is 10.2 Å². The van der Waals surface area contributed by atoms with E-state index in [9.17, 15) is 9.18 Å². The van der Waals surface area contributed by atoms with Gasteiger partial charge in [0.05, 0.1) is 47.7 Å². The van der Waals surface area contributed by atoms with Gasteiger partial charge in [0, 0.05) is 30.9 Å². The molecule has 5 rings (SSSR count). The summed E-state index contributed by atoms with van der Waals surface area (Å²) in [6, 6.07) is 12.6. The molecule has 4 aromatic rings. The maximum absolute atomic E-state index is 13.9. The Morgan fingerprint density at radius 1 is 1.25 bits per heavy atom. The van der Waals surface area contributed by atoms with Crippen LogP contribution in [0.15, 0.2) is 61.1 Å². The second kappa shape index (κ2) is 8.35. The highest BCUT2D eigenvalue weighted by Gasteiger charge is 2.22. The summed E-state index contributed by atoms with van der Waals surface area (Å²) in [4.78, 5) is 23.5. The van der Waals surface area contributed by atoms with Gasteiger partial charge in [-0.15, -0.1) is 0 Å². The normalized spacial score (nSPS) is 16.3. The second-order valence-electron chi connectivity index (χ2n) is 7.61. The number of carbonyl (C=O) groups excluding carboxylic acids is 1. The van der Waals surface area contributed by atoms with Crippen molar-refractivity contribution in [2.75, 3.05) is 29.9 Å². The van der Waals surface area contributed by atoms with Crippen LogP contribution in [-0.4, -0.2) is 51.3 Å². The third kappa shape index (κ3) is 3.90. The van der Waals surface area contributed by atoms with Crippen molar-refractivity contribution < 1.29 is 13.9 Å². The quantitative estimate of drug-likeness (QED) is 0.498. The summed E-state index contributed by atoms with van der Waals surface area (Å²) in [7, 11) is 0. The van der Waals surface area contributed by atoms with Crippen LogP contribution in [0.5, 0.6) is 0 Å². The lowest BCUT2D eigenvalue weighted by Gasteiger charge is -2.34. The van der Waals surface area contributed by atoms with Gasteiger partial charge < -0.3 is 15.0 Å². The van der Waals surface area contributed by atoms with Gasteiger partial charge in [-0.1, -0.05) is 30.3 Å². The van der Waals surface area contributed by atoms with Gasteiger partial charge in [-0.25, -0.2) is 14.5 Å². The number of nitrogens with zero attached hydrogens (tertiary/aromatic N) is 5. The van der Waals surface area contributed by atoms with Crippen molar-refractivity contribution in [2.45, 2.75) is 13.0 Å². The van der Waals surface area contributed by atoms with E-state index in [1.165, 1.54) is 12.3 Å². The Morgan fingerprint density at radius 3 is 2.91 bits per heavy atom. The van der Waals surface area contributed by atoms with Gasteiger partial charge in [0.25, 0.3) is 5.91 Å². The Balaban J connectivity index is 1.48. The van der Waals surface area contributed by atoms with Crippen molar-refractivity contribution in [1.82, 2.24) is 19.6 Å². The van der Waals surface area contributed by atoms with Crippen molar-refractivity contribution in [3.63, 3.8) is 0 Å². The zero-order chi connectivity index (χ0) is 22.1. The average Bonchev–Trinajstić information content (AvgIpc) is 3.25. The minimum atomic E-state index is -0.607. The molecule has 162 valence electrons. The lowest BCUT2D eigenvalue weighted by Crippen LogP contribution is -2.41. The maximum Gasteiger partial charge on any atom is 0.259 e. The Bertz CT molecular complexity index is 1280. The molecule has 1 fully saturated rings. The molecule has 1 aliphatic rings. The number of carbonyl (C=O) groups is 1. The standard InChI is InChI=1S/C23H21FN6O2/c1-15-13-29(9-10-32-15)20-11-21(24)25-12-18(20)28-23(31)17-7-8-26-30-14-19(27-22(17)30)16-5-3-2-4-6-16/h2-8,11-12,14-15H,9-10,13H2,1H3,(H,28,31). The van der Waals surface area contributed by atoms with E-state index in [1.807, 2.05) is 42.2 Å². The lowest BCUT2D eigenvalue weighted by molar-refractivity contribution is 0.0532. The van der Waals surface area contributed by atoms with E-state index in [-0.39, 0.29) is 12.0 Å². The summed E-state index contributed by atoms with van der Waals surface area (Å²) in [5.41, 5.74) is 3.42. The molecule has 4 heterocycles. The topological polar surface area (TPSA) is 84.7 Å². The largest absolute Gasteiger partial charge is 0.375 e. The fraction of sp³-hybridized carbons (Fsp3) is 0.217. The number of anilines is 2. The molecule has 1 N–H and O–H groups in total. The number of aromatic nitrogens is 4. The highest BCUT2D eigenvalue weighted by molar-refractivity contribution is 6.09. The molecule has 8 nitrogen and oxygen atoms in total. The number of benzene rings is 1. The van der Waals surface area contributed by atoms with Crippen LogP contribution >= 0.6 is 0 Å². The van der Waals surface area contributed by atoms with Crippen LogP contribution in [0.3, 0.4) is 0 Å². The third-order valence-corrected chi connectivity index (χ3v) is 5.35. The highest BCUT2D eigenvalue weighted by atomic mass is 19.1. The number of ether oxygens (including phenoxy) is 1. The Morgan fingerprint density at radius 2 is 2.09 bits per heavy atom. The fourth-order valence-corrected chi connectivity index (χ4v) is 3.83. The van der Waals surface area contributed by atoms with Gasteiger partial charge in [-0.3, -0.25) is 4.79 Å². The lowest BCUT2D eigenvalue weighted by atomic mass is 10.2. The van der Waals surface area contributed by atoms with Crippen molar-refractivity contribution in [1.29, 1.82) is 0 Å². The van der Waals surface area contributed by atoms with E-state index in [4.69, 9.17) is 4.74 Å². The summed E-state index contributed by atoms with van der Waals surface area (Å²) in [6.07, 6.45) is 4.67. The monoisotopic (exact) mass is 432 g/mol. The summed E-state index contributed by atoms with van der Waals surface area (Å²) >= 11 is 0. The first kappa shape index (κ1) is 20.1. The number of nitrogens with one attached hydrogen (secondary N) is 1. The molecule has 0 saturated carbocycles. The number of imidazole rings is 1. The van der Waals surface area contributed by atoms with Crippen LogP contribution in [0.4, 0.5) is 15.8 Å². The molecule has 9 heteroatoms. The van der Waals surface area contributed by atoms with E-state index in [0.717, 1.165) is 5.56 Å². The maximum atomic E-state index is 13.9. The molecular formula is C23H21FN6O2. The van der Waals surface area contributed by atoms with E-state index >= 15 is 0 Å². The molecule has 0 spiro atoms. The third-order valence-electron chi connectivity index (χ3n) is 5.35. The number of hydrogen-bond donors (Lipinski definition) is 1. The van der Waals surface area contributed by atoms with Crippen molar-refractivity contribution >= 4 is 22.9 Å². The number of amides is 1. The predicted octanol–water partition coefficient (Wildman–Crippen LogP) is 3.41. The van der Waals surface area contributed by atoms with Crippen molar-refractivity contribution in [3.8, 4) is 11.3 Å². The second-order valence-corrected chi connectivity index (χ2v) is 7.61. The van der Waals surface area contributed by atoms with E-state index in [2.05, 4.69) is 20.4 Å². The van der Waals surface area contributed by atoms with Crippen LogP contribution in [0.25, 0.3) is 16.9 Å². The number of morpholine rings is 1. The molecule has 1 amide bonds. The van der Waals surface area contributed by atoms with Gasteiger partial charge in [-0.2, -0.15) is 9.49 Å². The summed E-state index contributed by atoms with van der Waals surface area (Å²) < 4.78 is 21.1. The van der Waals surface area contributed by atoms with E-state index < -0.39 is 5.95 Å². The first-order valence-electron chi connectivity index (χ1n) is 10.3. The molecule has 1 atom stereocenters. The SMILES string of the molecule is CC1CN(c2cc(F)ncc2NC(=O)c2ccnn3cc(-c4ccccc4)nc23)CCO1. The average molecular weight is 432 g/mol. The molecule has 32 heavy (non-hydrogen) atoms. The molecule has 3 aromatic heterocycles. The summed E-state index contributed by atoms with van der Waals surface area (Å²) in [6.45, 7) is 3.67. The number of pyridine rings is 1. The molecule has 1 aromatic carbocycles. The minimum absolute atomic E-state index is 0.00433. The van der Waals surface area contributed by atoms with Gasteiger partial charge in [0.2, 0.25) is 5.95 Å². The Labute approximate surface area is 183 Å². The zero-order valence-electron chi connectivity index (χ0n) is 17.4. The first-order valence-corrected chi connectivity index (χ1v) is 10.3. The number of fused-ring (bicyclic) bond motifs is 1. The molecule has 0 bridgehead atoms. The van der Waals surface area contributed by atoms with Crippen LogP contribution in [0, 0.1) is 5.95 Å². The molecule has 1 aliphatic heterocycles. The minimum Gasteiger partial charge on any atom is -0.375 e. The zero-order valence-corrected chi connectivity index (χ0v) is 17.4. The van der Waals surface area contributed by atoms with Crippen molar-refractivity contribution in [2.24, 2.45) is 0 Å². The first-order chi connectivity index (χ1) is 15.6. The molecule has 0 radical (unpaired) electrons. The summed E-state index contributed by atoms with van der Waals surface area (Å²) in [5, 5.41) is 7.15. The number of hydrogen-bond acceptors (Lipinski definition) is 6. The van der Waals surface area contributed by atoms with Crippen LogP contribution in [-0.2, 0) is 4.74 Å². The Hall–Kier alpha value is -3.85. The highest BCUT2D eigenvalue weighted by Crippen LogP contribution is 2.28. The van der Waals surface area contributed by atoms with E-state index in [1.54, 1.807) is 23.0 Å². The molecular weight excluding hydrogens is 411 g/mol. The number of halogens is 1.